The van der Waals surface area contributed by atoms with Crippen LogP contribution in [0.2, 0.25) is 0 Å². The van der Waals surface area contributed by atoms with E-state index in [0.29, 0.717) is 26.3 Å². The van der Waals surface area contributed by atoms with E-state index in [2.05, 4.69) is 26.6 Å². The third kappa shape index (κ3) is 13.4. The van der Waals surface area contributed by atoms with Gasteiger partial charge in [0.15, 0.2) is 0 Å². The van der Waals surface area contributed by atoms with Crippen LogP contribution in [0.25, 0.3) is 0 Å². The molecule has 0 radical (unpaired) electrons. The van der Waals surface area contributed by atoms with Crippen molar-refractivity contribution in [2.45, 2.75) is 50.4 Å². The van der Waals surface area contributed by atoms with Crippen molar-refractivity contribution in [1.82, 2.24) is 20.5 Å². The Bertz CT molecular complexity index is 896. The van der Waals surface area contributed by atoms with E-state index in [1.807, 2.05) is 19.2 Å². The number of rotatable bonds is 5. The molecule has 2 saturated heterocycles. The predicted molar refractivity (Wildman–Crippen MR) is 122 cm³/mol. The maximum absolute atomic E-state index is 11.6. The molecule has 1 aromatic rings. The van der Waals surface area contributed by atoms with Crippen LogP contribution in [0.4, 0.5) is 31.1 Å². The summed E-state index contributed by atoms with van der Waals surface area (Å²) in [4.78, 5) is 35.9. The molecular weight excluding hydrogens is 546 g/mol. The van der Waals surface area contributed by atoms with Crippen molar-refractivity contribution in [2.24, 2.45) is 0 Å². The summed E-state index contributed by atoms with van der Waals surface area (Å²) in [5.41, 5.74) is 0.929. The van der Waals surface area contributed by atoms with Crippen molar-refractivity contribution < 1.29 is 60.4 Å². The first-order valence-corrected chi connectivity index (χ1v) is 11.6. The van der Waals surface area contributed by atoms with Gasteiger partial charge in [-0.05, 0) is 31.4 Å². The second-order valence-corrected chi connectivity index (χ2v) is 8.43. The second kappa shape index (κ2) is 15.4. The zero-order chi connectivity index (χ0) is 29.7. The summed E-state index contributed by atoms with van der Waals surface area (Å²) in [6.45, 7) is 6.99. The number of carboxylic acid groups (broad SMARTS) is 2. The SMILES string of the molecule is CCNC(=O)NCC1CCC2(COCCN(Cc3cccnc3)C2)O1.O=C(O)C(F)(F)F.O=C(O)C(F)(F)F. The highest BCUT2D eigenvalue weighted by molar-refractivity contribution is 5.74. The molecule has 39 heavy (non-hydrogen) atoms. The van der Waals surface area contributed by atoms with Gasteiger partial charge in [-0.1, -0.05) is 6.07 Å². The van der Waals surface area contributed by atoms with Crippen molar-refractivity contribution in [2.75, 3.05) is 39.4 Å². The van der Waals surface area contributed by atoms with Crippen LogP contribution in [0.1, 0.15) is 25.3 Å². The van der Waals surface area contributed by atoms with Crippen LogP contribution in [-0.4, -0.2) is 102 Å². The lowest BCUT2D eigenvalue weighted by atomic mass is 10.00. The molecule has 3 heterocycles. The number of aromatic nitrogens is 1. The van der Waals surface area contributed by atoms with Crippen LogP contribution < -0.4 is 10.6 Å². The number of nitrogens with one attached hydrogen (secondary N) is 2. The number of aliphatic carboxylic acids is 2. The van der Waals surface area contributed by atoms with E-state index in [-0.39, 0.29) is 17.7 Å². The van der Waals surface area contributed by atoms with Gasteiger partial charge in [-0.2, -0.15) is 26.3 Å². The van der Waals surface area contributed by atoms with E-state index >= 15 is 0 Å². The van der Waals surface area contributed by atoms with Crippen molar-refractivity contribution >= 4 is 18.0 Å². The smallest absolute Gasteiger partial charge is 0.475 e. The Balaban J connectivity index is 0.000000449. The van der Waals surface area contributed by atoms with Gasteiger partial charge in [0.05, 0.1) is 19.3 Å². The summed E-state index contributed by atoms with van der Waals surface area (Å²) in [6, 6.07) is 3.93. The standard InChI is InChI=1S/C18H28N4O3.2C2HF3O2/c1-2-20-17(23)21-11-16-5-6-18(25-16)13-22(8-9-24-14-18)12-15-4-3-7-19-10-15;2*3-2(4,5)1(6)7/h3-4,7,10,16H,2,5-6,8-9,11-14H2,1H3,(H2,20,21,23);2*(H,6,7). The molecule has 0 aromatic carbocycles. The predicted octanol–water partition coefficient (Wildman–Crippen LogP) is 2.42. The first kappa shape index (κ1) is 33.8. The van der Waals surface area contributed by atoms with Crippen LogP contribution in [0.3, 0.4) is 0 Å². The van der Waals surface area contributed by atoms with Crippen LogP contribution in [0, 0.1) is 0 Å². The molecule has 11 nitrogen and oxygen atoms in total. The molecule has 1 aromatic heterocycles. The molecule has 0 saturated carbocycles. The molecule has 2 amide bonds. The highest BCUT2D eigenvalue weighted by atomic mass is 19.4. The highest BCUT2D eigenvalue weighted by Gasteiger charge is 2.43. The third-order valence-electron chi connectivity index (χ3n) is 5.21. The molecule has 222 valence electrons. The van der Waals surface area contributed by atoms with Crippen LogP contribution in [0.5, 0.6) is 0 Å². The van der Waals surface area contributed by atoms with E-state index in [1.54, 1.807) is 6.20 Å². The summed E-state index contributed by atoms with van der Waals surface area (Å²) < 4.78 is 75.6. The molecule has 1 spiro atoms. The van der Waals surface area contributed by atoms with Gasteiger partial charge < -0.3 is 30.3 Å². The number of alkyl halides is 6. The average molecular weight is 576 g/mol. The fourth-order valence-corrected chi connectivity index (χ4v) is 3.56. The number of amides is 2. The number of ether oxygens (including phenoxy) is 2. The van der Waals surface area contributed by atoms with Crippen LogP contribution in [-0.2, 0) is 25.6 Å². The Kier molecular flexibility index (Phi) is 13.4. The number of hydrogen-bond acceptors (Lipinski definition) is 7. The Morgan fingerprint density at radius 2 is 1.74 bits per heavy atom. The first-order valence-electron chi connectivity index (χ1n) is 11.6. The number of halogens is 6. The first-order chi connectivity index (χ1) is 18.1. The van der Waals surface area contributed by atoms with E-state index < -0.39 is 24.3 Å². The van der Waals surface area contributed by atoms with Crippen LogP contribution >= 0.6 is 0 Å². The summed E-state index contributed by atoms with van der Waals surface area (Å²) >= 11 is 0. The lowest BCUT2D eigenvalue weighted by molar-refractivity contribution is -0.193. The Morgan fingerprint density at radius 3 is 2.26 bits per heavy atom. The van der Waals surface area contributed by atoms with Gasteiger partial charge in [0, 0.05) is 45.1 Å². The van der Waals surface area contributed by atoms with Crippen molar-refractivity contribution in [3.63, 3.8) is 0 Å². The largest absolute Gasteiger partial charge is 0.490 e. The van der Waals surface area contributed by atoms with Gasteiger partial charge in [-0.3, -0.25) is 9.88 Å². The minimum atomic E-state index is -5.08. The third-order valence-corrected chi connectivity index (χ3v) is 5.21. The van der Waals surface area contributed by atoms with E-state index in [4.69, 9.17) is 29.3 Å². The summed E-state index contributed by atoms with van der Waals surface area (Å²) in [6.07, 6.45) is -4.52. The van der Waals surface area contributed by atoms with E-state index in [9.17, 15) is 31.1 Å². The highest BCUT2D eigenvalue weighted by Crippen LogP contribution is 2.33. The molecule has 4 N–H and O–H groups in total. The normalized spacial score (nSPS) is 21.5. The number of carbonyl (C=O) groups is 3. The van der Waals surface area contributed by atoms with Crippen LogP contribution in [0.15, 0.2) is 24.5 Å². The zero-order valence-electron chi connectivity index (χ0n) is 20.8. The maximum Gasteiger partial charge on any atom is 0.490 e. The average Bonchev–Trinajstić information content (AvgIpc) is 3.12. The van der Waals surface area contributed by atoms with Crippen molar-refractivity contribution in [3.8, 4) is 0 Å². The fraction of sp³-hybridized carbons (Fsp3) is 0.636. The van der Waals surface area contributed by atoms with Gasteiger partial charge in [0.25, 0.3) is 0 Å². The molecule has 0 bridgehead atoms. The number of pyridine rings is 1. The van der Waals surface area contributed by atoms with Crippen molar-refractivity contribution in [3.05, 3.63) is 30.1 Å². The molecule has 2 aliphatic rings. The summed E-state index contributed by atoms with van der Waals surface area (Å²) in [7, 11) is 0. The monoisotopic (exact) mass is 576 g/mol. The Morgan fingerprint density at radius 1 is 1.13 bits per heavy atom. The summed E-state index contributed by atoms with van der Waals surface area (Å²) in [5, 5.41) is 19.9. The molecule has 3 rings (SSSR count). The minimum Gasteiger partial charge on any atom is -0.475 e. The molecule has 2 unspecified atom stereocenters. The number of nitrogens with zero attached hydrogens (tertiary/aromatic N) is 2. The second-order valence-electron chi connectivity index (χ2n) is 8.43. The number of hydrogen-bond donors (Lipinski definition) is 4. The number of urea groups is 1. The van der Waals surface area contributed by atoms with Gasteiger partial charge in [0.2, 0.25) is 0 Å². The number of carbonyl (C=O) groups excluding carboxylic acids is 1. The zero-order valence-corrected chi connectivity index (χ0v) is 20.8. The molecule has 2 atom stereocenters. The number of carboxylic acids is 2. The molecule has 0 aliphatic carbocycles. The van der Waals surface area contributed by atoms with Gasteiger partial charge in [0.1, 0.15) is 5.60 Å². The quantitative estimate of drug-likeness (QED) is 0.388. The molecule has 2 aliphatic heterocycles. The van der Waals surface area contributed by atoms with E-state index in [0.717, 1.165) is 32.5 Å². The van der Waals surface area contributed by atoms with Crippen molar-refractivity contribution in [1.29, 1.82) is 0 Å². The minimum absolute atomic E-state index is 0.0459. The summed E-state index contributed by atoms with van der Waals surface area (Å²) in [5.74, 6) is -5.51. The maximum atomic E-state index is 11.6. The van der Waals surface area contributed by atoms with E-state index in [1.165, 1.54) is 5.56 Å². The Hall–Kier alpha value is -3.18. The Labute approximate surface area is 219 Å². The topological polar surface area (TPSA) is 150 Å². The lowest BCUT2D eigenvalue weighted by Crippen LogP contribution is -2.46. The molecular formula is C22H30F6N4O7. The van der Waals surface area contributed by atoms with Gasteiger partial charge in [-0.25, -0.2) is 14.4 Å². The fourth-order valence-electron chi connectivity index (χ4n) is 3.56. The van der Waals surface area contributed by atoms with Gasteiger partial charge >= 0.3 is 30.3 Å². The molecule has 17 heteroatoms. The van der Waals surface area contributed by atoms with Gasteiger partial charge in [-0.15, -0.1) is 0 Å². The lowest BCUT2D eigenvalue weighted by Gasteiger charge is -2.32. The molecule has 2 fully saturated rings.